The molecule has 108 valence electrons. The Morgan fingerprint density at radius 2 is 1.52 bits per heavy atom. The fourth-order valence-corrected chi connectivity index (χ4v) is 1.99. The third-order valence-corrected chi connectivity index (χ3v) is 2.97. The smallest absolute Gasteiger partial charge is 0.257 e. The van der Waals surface area contributed by atoms with Gasteiger partial charge in [-0.25, -0.2) is 0 Å². The maximum atomic E-state index is 11.9. The molecule has 2 rings (SSSR count). The second-order valence-corrected chi connectivity index (χ2v) is 4.86. The van der Waals surface area contributed by atoms with Gasteiger partial charge in [0.2, 0.25) is 5.91 Å². The molecule has 0 heterocycles. The van der Waals surface area contributed by atoms with Crippen LogP contribution >= 0.6 is 0 Å². The van der Waals surface area contributed by atoms with Gasteiger partial charge in [-0.15, -0.1) is 0 Å². The molecule has 2 aromatic carbocycles. The van der Waals surface area contributed by atoms with Crippen molar-refractivity contribution >= 4 is 17.5 Å². The van der Waals surface area contributed by atoms with Crippen LogP contribution in [0.4, 0.5) is 5.69 Å². The summed E-state index contributed by atoms with van der Waals surface area (Å²) in [4.78, 5) is 23.7. The average molecular weight is 282 g/mol. The zero-order valence-electron chi connectivity index (χ0n) is 11.9. The highest BCUT2D eigenvalue weighted by Crippen LogP contribution is 2.08. The molecule has 1 atom stereocenters. The Bertz CT molecular complexity index is 597. The van der Waals surface area contributed by atoms with Gasteiger partial charge in [-0.2, -0.15) is 0 Å². The summed E-state index contributed by atoms with van der Waals surface area (Å²) in [5, 5.41) is 5.61. The van der Waals surface area contributed by atoms with Gasteiger partial charge in [-0.05, 0) is 31.2 Å². The first-order chi connectivity index (χ1) is 10.1. The zero-order chi connectivity index (χ0) is 15.1. The molecular formula is C17H18N2O2. The number of hydrogen-bond acceptors (Lipinski definition) is 3. The molecule has 0 bridgehead atoms. The second kappa shape index (κ2) is 7.24. The van der Waals surface area contributed by atoms with E-state index in [2.05, 4.69) is 10.6 Å². The van der Waals surface area contributed by atoms with Crippen molar-refractivity contribution in [2.75, 3.05) is 5.32 Å². The third kappa shape index (κ3) is 4.76. The van der Waals surface area contributed by atoms with Crippen molar-refractivity contribution in [3.05, 3.63) is 66.2 Å². The van der Waals surface area contributed by atoms with Crippen molar-refractivity contribution < 1.29 is 9.59 Å². The molecule has 4 heteroatoms. The van der Waals surface area contributed by atoms with Gasteiger partial charge in [0.05, 0.1) is 0 Å². The first kappa shape index (κ1) is 14.8. The van der Waals surface area contributed by atoms with Crippen LogP contribution in [-0.2, 0) is 4.79 Å². The van der Waals surface area contributed by atoms with Gasteiger partial charge in [0.1, 0.15) is 0 Å². The summed E-state index contributed by atoms with van der Waals surface area (Å²) in [6.45, 7) is 1.90. The maximum Gasteiger partial charge on any atom is 0.257 e. The summed E-state index contributed by atoms with van der Waals surface area (Å²) in [6.07, 6.45) is 0.230. The minimum atomic E-state index is -0.368. The second-order valence-electron chi connectivity index (χ2n) is 4.86. The molecule has 2 N–H and O–H groups in total. The predicted molar refractivity (Wildman–Crippen MR) is 83.1 cm³/mol. The lowest BCUT2D eigenvalue weighted by molar-refractivity contribution is -0.120. The van der Waals surface area contributed by atoms with E-state index >= 15 is 0 Å². The van der Waals surface area contributed by atoms with Crippen molar-refractivity contribution in [3.8, 4) is 0 Å². The molecule has 0 aliphatic carbocycles. The van der Waals surface area contributed by atoms with E-state index in [1.807, 2.05) is 43.3 Å². The molecule has 0 aliphatic rings. The van der Waals surface area contributed by atoms with E-state index in [1.165, 1.54) is 0 Å². The minimum absolute atomic E-state index is 0.0593. The van der Waals surface area contributed by atoms with E-state index in [1.54, 1.807) is 24.3 Å². The Labute approximate surface area is 124 Å². The van der Waals surface area contributed by atoms with E-state index in [9.17, 15) is 9.59 Å². The number of carbonyl (C=O) groups is 2. The van der Waals surface area contributed by atoms with Gasteiger partial charge in [-0.1, -0.05) is 36.4 Å². The molecule has 1 unspecified atom stereocenters. The van der Waals surface area contributed by atoms with Crippen molar-refractivity contribution in [1.29, 1.82) is 0 Å². The molecule has 0 spiro atoms. The van der Waals surface area contributed by atoms with E-state index in [4.69, 9.17) is 0 Å². The fraction of sp³-hybridized carbons (Fsp3) is 0.176. The highest BCUT2D eigenvalue weighted by atomic mass is 16.2. The summed E-state index contributed by atoms with van der Waals surface area (Å²) in [7, 11) is 0. The number of carbonyl (C=O) groups excluding carboxylic acids is 2. The number of hydrogen-bond donors (Lipinski definition) is 2. The predicted octanol–water partition coefficient (Wildman–Crippen LogP) is 2.83. The van der Waals surface area contributed by atoms with Crippen LogP contribution in [0.3, 0.4) is 0 Å². The third-order valence-electron chi connectivity index (χ3n) is 2.97. The molecule has 4 nitrogen and oxygen atoms in total. The van der Waals surface area contributed by atoms with Crippen molar-refractivity contribution in [2.24, 2.45) is 0 Å². The minimum Gasteiger partial charge on any atom is -0.382 e. The number of nitrogens with one attached hydrogen (secondary N) is 2. The molecule has 2 amide bonds. The molecule has 0 aliphatic heterocycles. The normalized spacial score (nSPS) is 11.5. The van der Waals surface area contributed by atoms with Crippen molar-refractivity contribution in [2.45, 2.75) is 19.4 Å². The molecule has 0 fully saturated rings. The molecular weight excluding hydrogens is 264 g/mol. The summed E-state index contributed by atoms with van der Waals surface area (Å²) >= 11 is 0. The lowest BCUT2D eigenvalue weighted by atomic mass is 10.2. The Hall–Kier alpha value is -2.62. The number of rotatable bonds is 5. The highest BCUT2D eigenvalue weighted by molar-refractivity contribution is 6.04. The van der Waals surface area contributed by atoms with Crippen LogP contribution in [0, 0.1) is 0 Å². The first-order valence-electron chi connectivity index (χ1n) is 6.86. The van der Waals surface area contributed by atoms with Crippen LogP contribution < -0.4 is 10.6 Å². The van der Waals surface area contributed by atoms with Gasteiger partial charge in [-0.3, -0.25) is 14.9 Å². The lowest BCUT2D eigenvalue weighted by Crippen LogP contribution is -2.34. The standard InChI is InChI=1S/C17H18N2O2/c1-13(18-15-10-6-3-7-11-15)12-16(20)19-17(21)14-8-4-2-5-9-14/h2-11,13,18H,12H2,1H3,(H,19,20,21). The van der Waals surface area contributed by atoms with Crippen LogP contribution in [0.25, 0.3) is 0 Å². The zero-order valence-corrected chi connectivity index (χ0v) is 11.9. The van der Waals surface area contributed by atoms with Crippen molar-refractivity contribution in [1.82, 2.24) is 5.32 Å². The van der Waals surface area contributed by atoms with E-state index in [0.717, 1.165) is 5.69 Å². The summed E-state index contributed by atoms with van der Waals surface area (Å²) in [5.41, 5.74) is 1.43. The summed E-state index contributed by atoms with van der Waals surface area (Å²) in [5.74, 6) is -0.660. The highest BCUT2D eigenvalue weighted by Gasteiger charge is 2.13. The van der Waals surface area contributed by atoms with Gasteiger partial charge in [0.15, 0.2) is 0 Å². The Morgan fingerprint density at radius 3 is 2.14 bits per heavy atom. The molecule has 0 radical (unpaired) electrons. The number of benzene rings is 2. The number of para-hydroxylation sites is 1. The Morgan fingerprint density at radius 1 is 0.952 bits per heavy atom. The molecule has 0 aromatic heterocycles. The number of amides is 2. The molecule has 0 saturated heterocycles. The Kier molecular flexibility index (Phi) is 5.10. The largest absolute Gasteiger partial charge is 0.382 e. The monoisotopic (exact) mass is 282 g/mol. The first-order valence-corrected chi connectivity index (χ1v) is 6.86. The van der Waals surface area contributed by atoms with E-state index < -0.39 is 0 Å². The van der Waals surface area contributed by atoms with Crippen molar-refractivity contribution in [3.63, 3.8) is 0 Å². The molecule has 2 aromatic rings. The topological polar surface area (TPSA) is 58.2 Å². The SMILES string of the molecule is CC(CC(=O)NC(=O)c1ccccc1)Nc1ccccc1. The van der Waals surface area contributed by atoms with E-state index in [-0.39, 0.29) is 24.3 Å². The van der Waals surface area contributed by atoms with Crippen LogP contribution in [0.15, 0.2) is 60.7 Å². The summed E-state index contributed by atoms with van der Waals surface area (Å²) < 4.78 is 0. The van der Waals surface area contributed by atoms with Gasteiger partial charge in [0, 0.05) is 23.7 Å². The van der Waals surface area contributed by atoms with Crippen LogP contribution in [0.5, 0.6) is 0 Å². The maximum absolute atomic E-state index is 11.9. The number of anilines is 1. The molecule has 0 saturated carbocycles. The summed E-state index contributed by atoms with van der Waals surface area (Å²) in [6, 6.07) is 18.3. The van der Waals surface area contributed by atoms with Crippen LogP contribution in [-0.4, -0.2) is 17.9 Å². The van der Waals surface area contributed by atoms with Gasteiger partial charge >= 0.3 is 0 Å². The quantitative estimate of drug-likeness (QED) is 0.886. The van der Waals surface area contributed by atoms with Gasteiger partial charge in [0.25, 0.3) is 5.91 Å². The fourth-order valence-electron chi connectivity index (χ4n) is 1.99. The Balaban J connectivity index is 1.83. The molecule has 21 heavy (non-hydrogen) atoms. The van der Waals surface area contributed by atoms with Gasteiger partial charge < -0.3 is 5.32 Å². The lowest BCUT2D eigenvalue weighted by Gasteiger charge is -2.14. The van der Waals surface area contributed by atoms with E-state index in [0.29, 0.717) is 5.56 Å². The van der Waals surface area contributed by atoms with Crippen LogP contribution in [0.1, 0.15) is 23.7 Å². The van der Waals surface area contributed by atoms with Crippen LogP contribution in [0.2, 0.25) is 0 Å². The number of imide groups is 1. The average Bonchev–Trinajstić information content (AvgIpc) is 2.48.